The molecule has 3 amide bonds. The fourth-order valence-electron chi connectivity index (χ4n) is 4.70. The minimum absolute atomic E-state index is 0.0153. The normalized spacial score (nSPS) is 16.8. The SMILES string of the molecule is CC(C)[C@@H](CN(C(=O)C(Cl)Cl)c1cccc(-c2ccno2)c1)NC(=O)C1CC(O)CN1C(=O)OC(C)(C)C.Cc1c(Cl)cccc1Cl. The predicted molar refractivity (Wildman–Crippen MR) is 185 cm³/mol. The van der Waals surface area contributed by atoms with Gasteiger partial charge < -0.3 is 24.6 Å². The molecule has 1 fully saturated rings. The summed E-state index contributed by atoms with van der Waals surface area (Å²) in [5.74, 6) is -0.614. The van der Waals surface area contributed by atoms with Crippen LogP contribution in [0.3, 0.4) is 0 Å². The maximum atomic E-state index is 13.4. The number of alkyl halides is 2. The first-order valence-electron chi connectivity index (χ1n) is 15.0. The van der Waals surface area contributed by atoms with E-state index in [-0.39, 0.29) is 25.4 Å². The number of nitrogens with one attached hydrogen (secondary N) is 1. The van der Waals surface area contributed by atoms with Crippen LogP contribution in [0.25, 0.3) is 11.3 Å². The van der Waals surface area contributed by atoms with Crippen molar-refractivity contribution in [2.24, 2.45) is 5.92 Å². The number of aliphatic hydroxyl groups is 1. The summed E-state index contributed by atoms with van der Waals surface area (Å²) in [6.45, 7) is 10.9. The fraction of sp³-hybridized carbons (Fsp3) is 0.455. The van der Waals surface area contributed by atoms with Gasteiger partial charge in [0.1, 0.15) is 11.6 Å². The molecule has 0 spiro atoms. The molecule has 3 atom stereocenters. The van der Waals surface area contributed by atoms with Crippen LogP contribution in [0.1, 0.15) is 46.6 Å². The number of benzene rings is 2. The summed E-state index contributed by atoms with van der Waals surface area (Å²) in [4.78, 5) is 40.5. The molecule has 2 heterocycles. The molecule has 0 aliphatic carbocycles. The molecule has 1 aliphatic heterocycles. The molecule has 1 aliphatic rings. The van der Waals surface area contributed by atoms with Gasteiger partial charge in [-0.2, -0.15) is 0 Å². The van der Waals surface area contributed by atoms with Gasteiger partial charge >= 0.3 is 6.09 Å². The second-order valence-corrected chi connectivity index (χ2v) is 14.3. The van der Waals surface area contributed by atoms with E-state index < -0.39 is 46.5 Å². The largest absolute Gasteiger partial charge is 0.444 e. The topological polar surface area (TPSA) is 125 Å². The van der Waals surface area contributed by atoms with E-state index in [0.717, 1.165) is 15.6 Å². The van der Waals surface area contributed by atoms with Crippen molar-refractivity contribution < 1.29 is 28.8 Å². The number of hydrogen-bond acceptors (Lipinski definition) is 7. The number of hydrogen-bond donors (Lipinski definition) is 2. The molecule has 47 heavy (non-hydrogen) atoms. The predicted octanol–water partition coefficient (Wildman–Crippen LogP) is 7.29. The molecular formula is C33H40Cl4N4O6. The van der Waals surface area contributed by atoms with Gasteiger partial charge in [-0.05, 0) is 63.4 Å². The number of anilines is 1. The number of halogens is 4. The molecule has 0 bridgehead atoms. The summed E-state index contributed by atoms with van der Waals surface area (Å²) in [7, 11) is 0. The van der Waals surface area contributed by atoms with E-state index in [2.05, 4.69) is 10.5 Å². The third kappa shape index (κ3) is 11.0. The Bertz CT molecular complexity index is 1490. The Labute approximate surface area is 295 Å². The molecule has 3 aromatic rings. The van der Waals surface area contributed by atoms with Gasteiger partial charge in [-0.15, -0.1) is 0 Å². The Hall–Kier alpha value is -3.02. The number of aromatic nitrogens is 1. The molecule has 256 valence electrons. The molecule has 0 radical (unpaired) electrons. The van der Waals surface area contributed by atoms with E-state index in [1.54, 1.807) is 45.0 Å². The summed E-state index contributed by atoms with van der Waals surface area (Å²) in [6.07, 6.45) is 0.0522. The lowest BCUT2D eigenvalue weighted by molar-refractivity contribution is -0.126. The first kappa shape index (κ1) is 38.4. The Morgan fingerprint density at radius 3 is 2.28 bits per heavy atom. The van der Waals surface area contributed by atoms with Gasteiger partial charge in [-0.25, -0.2) is 4.79 Å². The van der Waals surface area contributed by atoms with Crippen LogP contribution in [0.15, 0.2) is 59.3 Å². The lowest BCUT2D eigenvalue weighted by Crippen LogP contribution is -2.54. The van der Waals surface area contributed by atoms with Crippen LogP contribution < -0.4 is 10.2 Å². The van der Waals surface area contributed by atoms with Gasteiger partial charge in [0, 0.05) is 46.4 Å². The maximum Gasteiger partial charge on any atom is 0.411 e. The molecule has 2 unspecified atom stereocenters. The van der Waals surface area contributed by atoms with Crippen LogP contribution in [0.2, 0.25) is 10.0 Å². The highest BCUT2D eigenvalue weighted by molar-refractivity contribution is 6.54. The summed E-state index contributed by atoms with van der Waals surface area (Å²) in [5, 5.41) is 18.3. The number of nitrogens with zero attached hydrogens (tertiary/aromatic N) is 3. The van der Waals surface area contributed by atoms with Crippen molar-refractivity contribution in [3.63, 3.8) is 0 Å². The summed E-state index contributed by atoms with van der Waals surface area (Å²) in [6, 6.07) is 12.7. The van der Waals surface area contributed by atoms with Gasteiger partial charge in [0.25, 0.3) is 5.91 Å². The van der Waals surface area contributed by atoms with Crippen molar-refractivity contribution in [3.8, 4) is 11.3 Å². The number of carbonyl (C=O) groups is 3. The van der Waals surface area contributed by atoms with Crippen molar-refractivity contribution in [1.29, 1.82) is 0 Å². The summed E-state index contributed by atoms with van der Waals surface area (Å²) in [5.41, 5.74) is 1.38. The number of ether oxygens (including phenoxy) is 1. The monoisotopic (exact) mass is 728 g/mol. The van der Waals surface area contributed by atoms with Crippen molar-refractivity contribution >= 4 is 70.0 Å². The zero-order valence-corrected chi connectivity index (χ0v) is 30.1. The average molecular weight is 731 g/mol. The highest BCUT2D eigenvalue weighted by Crippen LogP contribution is 2.28. The zero-order chi connectivity index (χ0) is 35.1. The number of β-amino-alcohol motifs (C(OH)–C–C–N with tert-alkyl or cyclic N) is 1. The summed E-state index contributed by atoms with van der Waals surface area (Å²) >= 11 is 23.4. The second-order valence-electron chi connectivity index (χ2n) is 12.4. The minimum atomic E-state index is -1.33. The Kier molecular flexibility index (Phi) is 13.8. The highest BCUT2D eigenvalue weighted by Gasteiger charge is 2.42. The van der Waals surface area contributed by atoms with Crippen molar-refractivity contribution in [2.45, 2.75) is 76.6 Å². The molecule has 4 rings (SSSR count). The number of amides is 3. The lowest BCUT2D eigenvalue weighted by Gasteiger charge is -2.33. The van der Waals surface area contributed by atoms with E-state index >= 15 is 0 Å². The molecule has 10 nitrogen and oxygen atoms in total. The number of rotatable bonds is 8. The Balaban J connectivity index is 0.000000573. The molecular weight excluding hydrogens is 690 g/mol. The number of aliphatic hydroxyl groups excluding tert-OH is 1. The standard InChI is InChI=1S/C26H34Cl2N4O6.C7H6Cl2/c1-15(2)19(30-23(34)20-12-18(33)13-32(20)25(36)37-26(3,4)5)14-31(24(35)22(27)28)17-8-6-7-16(11-17)21-9-10-29-38-21;1-5-6(8)3-2-4-7(5)9/h6-11,15,18-20,22,33H,12-14H2,1-5H3,(H,30,34);2-4H,1H3/t18?,19-,20?;/m1./s1. The average Bonchev–Trinajstić information content (AvgIpc) is 3.67. The molecule has 14 heteroatoms. The smallest absolute Gasteiger partial charge is 0.411 e. The van der Waals surface area contributed by atoms with Crippen molar-refractivity contribution in [1.82, 2.24) is 15.4 Å². The van der Waals surface area contributed by atoms with Crippen molar-refractivity contribution in [3.05, 3.63) is 70.3 Å². The van der Waals surface area contributed by atoms with E-state index in [9.17, 15) is 19.5 Å². The minimum Gasteiger partial charge on any atom is -0.444 e. The van der Waals surface area contributed by atoms with Crippen LogP contribution >= 0.6 is 46.4 Å². The highest BCUT2D eigenvalue weighted by atomic mass is 35.5. The third-order valence-electron chi connectivity index (χ3n) is 7.26. The second kappa shape index (κ2) is 16.9. The molecule has 2 N–H and O–H groups in total. The fourth-order valence-corrected chi connectivity index (χ4v) is 5.33. The first-order valence-corrected chi connectivity index (χ1v) is 16.6. The van der Waals surface area contributed by atoms with E-state index in [1.165, 1.54) is 16.0 Å². The maximum absolute atomic E-state index is 13.4. The van der Waals surface area contributed by atoms with Crippen molar-refractivity contribution in [2.75, 3.05) is 18.0 Å². The van der Waals surface area contributed by atoms with Gasteiger partial charge in [0.2, 0.25) is 5.91 Å². The Morgan fingerprint density at radius 1 is 1.11 bits per heavy atom. The van der Waals surface area contributed by atoms with Gasteiger partial charge in [0.05, 0.1) is 18.8 Å². The summed E-state index contributed by atoms with van der Waals surface area (Å²) < 4.78 is 10.7. The number of likely N-dealkylation sites (tertiary alicyclic amines) is 1. The van der Waals surface area contributed by atoms with E-state index in [1.807, 2.05) is 45.0 Å². The molecule has 2 aromatic carbocycles. The van der Waals surface area contributed by atoms with Crippen LogP contribution in [0.4, 0.5) is 10.5 Å². The molecule has 0 saturated carbocycles. The quantitative estimate of drug-likeness (QED) is 0.233. The van der Waals surface area contributed by atoms with Crippen LogP contribution in [-0.2, 0) is 14.3 Å². The molecule has 1 aromatic heterocycles. The van der Waals surface area contributed by atoms with Crippen LogP contribution in [0.5, 0.6) is 0 Å². The van der Waals surface area contributed by atoms with Gasteiger partial charge in [-0.3, -0.25) is 14.5 Å². The zero-order valence-electron chi connectivity index (χ0n) is 27.0. The Morgan fingerprint density at radius 2 is 1.74 bits per heavy atom. The van der Waals surface area contributed by atoms with Gasteiger partial charge in [0.15, 0.2) is 10.6 Å². The van der Waals surface area contributed by atoms with E-state index in [0.29, 0.717) is 17.0 Å². The third-order valence-corrected chi connectivity index (χ3v) is 8.45. The number of carbonyl (C=O) groups excluding carboxylic acids is 3. The van der Waals surface area contributed by atoms with Crippen LogP contribution in [-0.4, -0.2) is 74.8 Å². The lowest BCUT2D eigenvalue weighted by atomic mass is 10.0. The van der Waals surface area contributed by atoms with Crippen LogP contribution in [0, 0.1) is 12.8 Å². The van der Waals surface area contributed by atoms with Gasteiger partial charge in [-0.1, -0.05) is 83.6 Å². The van der Waals surface area contributed by atoms with E-state index in [4.69, 9.17) is 55.7 Å². The molecule has 1 saturated heterocycles. The first-order chi connectivity index (χ1) is 22.0.